The van der Waals surface area contributed by atoms with Gasteiger partial charge >= 0.3 is 0 Å². The predicted octanol–water partition coefficient (Wildman–Crippen LogP) is 5.70. The maximum Gasteiger partial charge on any atom is 0.221 e. The highest BCUT2D eigenvalue weighted by Crippen LogP contribution is 2.27. The lowest BCUT2D eigenvalue weighted by Gasteiger charge is -2.11. The first-order valence-electron chi connectivity index (χ1n) is 9.50. The highest BCUT2D eigenvalue weighted by atomic mass is 19.1. The fraction of sp³-hybridized carbons (Fsp3) is 0.227. The zero-order chi connectivity index (χ0) is 21.8. The summed E-state index contributed by atoms with van der Waals surface area (Å²) in [6.07, 6.45) is 5.80. The number of amides is 1. The van der Waals surface area contributed by atoms with E-state index in [-0.39, 0.29) is 17.9 Å². The topological polar surface area (TPSA) is 71.3 Å². The molecule has 0 aliphatic carbocycles. The third-order valence-corrected chi connectivity index (χ3v) is 4.59. The number of anilines is 3. The van der Waals surface area contributed by atoms with E-state index in [9.17, 15) is 13.6 Å². The highest BCUT2D eigenvalue weighted by molar-refractivity contribution is 5.90. The van der Waals surface area contributed by atoms with Crippen LogP contribution in [0.4, 0.5) is 26.0 Å². The minimum Gasteiger partial charge on any atom is -0.337 e. The summed E-state index contributed by atoms with van der Waals surface area (Å²) in [4.78, 5) is 20.0. The summed E-state index contributed by atoms with van der Waals surface area (Å²) in [5, 5.41) is 5.97. The first-order chi connectivity index (χ1) is 14.3. The van der Waals surface area contributed by atoms with E-state index in [1.807, 2.05) is 19.1 Å². The second-order valence-electron chi connectivity index (χ2n) is 6.87. The number of fused-ring (bicyclic) bond motifs is 1. The first-order valence-corrected chi connectivity index (χ1v) is 9.50. The SMILES string of the molecule is CC/C(F)=C\C(F)=C(/C)c1cnc2c(Nc3ccc(NC(C)=O)c(C)c3)nccn12. The van der Waals surface area contributed by atoms with Gasteiger partial charge in [-0.2, -0.15) is 0 Å². The van der Waals surface area contributed by atoms with Crippen LogP contribution in [0, 0.1) is 6.92 Å². The molecular formula is C22H23F2N5O. The molecule has 3 aromatic rings. The van der Waals surface area contributed by atoms with Crippen molar-refractivity contribution in [2.75, 3.05) is 10.6 Å². The van der Waals surface area contributed by atoms with E-state index in [0.29, 0.717) is 17.2 Å². The van der Waals surface area contributed by atoms with Crippen LogP contribution in [-0.4, -0.2) is 20.3 Å². The summed E-state index contributed by atoms with van der Waals surface area (Å²) in [5.41, 5.74) is 3.66. The minimum absolute atomic E-state index is 0.131. The minimum atomic E-state index is -0.647. The standard InChI is InChI=1S/C22H23F2N5O/c1-5-16(23)11-18(24)14(3)20-12-26-22-21(25-8-9-29(20)22)28-17-6-7-19(13(2)10-17)27-15(4)30/h6-12H,5H2,1-4H3,(H,25,28)(H,27,30)/b16-11+,18-14-. The summed E-state index contributed by atoms with van der Waals surface area (Å²) in [7, 11) is 0. The largest absolute Gasteiger partial charge is 0.337 e. The Morgan fingerprint density at radius 1 is 1.23 bits per heavy atom. The molecular weight excluding hydrogens is 388 g/mol. The zero-order valence-electron chi connectivity index (χ0n) is 17.3. The number of nitrogens with zero attached hydrogens (tertiary/aromatic N) is 3. The normalized spacial score (nSPS) is 12.7. The van der Waals surface area contributed by atoms with Crippen molar-refractivity contribution in [1.82, 2.24) is 14.4 Å². The molecule has 2 N–H and O–H groups in total. The number of imidazole rings is 1. The van der Waals surface area contributed by atoms with E-state index in [1.165, 1.54) is 13.1 Å². The van der Waals surface area contributed by atoms with Crippen LogP contribution >= 0.6 is 0 Å². The fourth-order valence-electron chi connectivity index (χ4n) is 2.96. The van der Waals surface area contributed by atoms with E-state index in [4.69, 9.17) is 0 Å². The average Bonchev–Trinajstić information content (AvgIpc) is 3.14. The number of hydrogen-bond donors (Lipinski definition) is 2. The van der Waals surface area contributed by atoms with Crippen LogP contribution in [0.3, 0.4) is 0 Å². The number of hydrogen-bond acceptors (Lipinski definition) is 4. The Balaban J connectivity index is 1.95. The summed E-state index contributed by atoms with van der Waals surface area (Å²) in [6.45, 7) is 6.54. The third-order valence-electron chi connectivity index (χ3n) is 4.59. The van der Waals surface area contributed by atoms with Gasteiger partial charge < -0.3 is 10.6 Å². The number of allylic oxidation sites excluding steroid dienone is 4. The summed E-state index contributed by atoms with van der Waals surface area (Å²) < 4.78 is 29.6. The molecule has 1 amide bonds. The highest BCUT2D eigenvalue weighted by Gasteiger charge is 2.13. The maximum atomic E-state index is 14.4. The van der Waals surface area contributed by atoms with Crippen molar-refractivity contribution in [1.29, 1.82) is 0 Å². The predicted molar refractivity (Wildman–Crippen MR) is 115 cm³/mol. The van der Waals surface area contributed by atoms with Crippen molar-refractivity contribution in [2.45, 2.75) is 34.1 Å². The number of carbonyl (C=O) groups is 1. The number of carbonyl (C=O) groups excluding carboxylic acids is 1. The van der Waals surface area contributed by atoms with Crippen LogP contribution in [0.2, 0.25) is 0 Å². The Bertz CT molecular complexity index is 1160. The Morgan fingerprint density at radius 2 is 2.00 bits per heavy atom. The van der Waals surface area contributed by atoms with Gasteiger partial charge in [0, 0.05) is 42.3 Å². The van der Waals surface area contributed by atoms with Crippen molar-refractivity contribution in [3.63, 3.8) is 0 Å². The van der Waals surface area contributed by atoms with Crippen molar-refractivity contribution >= 4 is 34.3 Å². The lowest BCUT2D eigenvalue weighted by molar-refractivity contribution is -0.114. The van der Waals surface area contributed by atoms with E-state index in [1.54, 1.807) is 36.7 Å². The molecule has 1 aromatic carbocycles. The Kier molecular flexibility index (Phi) is 6.25. The van der Waals surface area contributed by atoms with E-state index >= 15 is 0 Å². The smallest absolute Gasteiger partial charge is 0.221 e. The molecule has 6 nitrogen and oxygen atoms in total. The number of benzene rings is 1. The molecule has 30 heavy (non-hydrogen) atoms. The molecule has 156 valence electrons. The lowest BCUT2D eigenvalue weighted by Crippen LogP contribution is -2.07. The van der Waals surface area contributed by atoms with Crippen molar-refractivity contribution in [3.8, 4) is 0 Å². The molecule has 8 heteroatoms. The van der Waals surface area contributed by atoms with Gasteiger partial charge in [-0.25, -0.2) is 18.7 Å². The molecule has 2 aromatic heterocycles. The molecule has 0 fully saturated rings. The number of aromatic nitrogens is 3. The average molecular weight is 411 g/mol. The number of halogens is 2. The molecule has 2 heterocycles. The summed E-state index contributed by atoms with van der Waals surface area (Å²) in [5.74, 6) is -0.826. The van der Waals surface area contributed by atoms with Gasteiger partial charge in [-0.1, -0.05) is 6.92 Å². The van der Waals surface area contributed by atoms with Gasteiger partial charge in [0.1, 0.15) is 11.7 Å². The summed E-state index contributed by atoms with van der Waals surface area (Å²) >= 11 is 0. The molecule has 0 aliphatic heterocycles. The molecule has 0 spiro atoms. The van der Waals surface area contributed by atoms with Crippen LogP contribution in [0.15, 0.2) is 54.5 Å². The lowest BCUT2D eigenvalue weighted by atomic mass is 10.1. The van der Waals surface area contributed by atoms with Gasteiger partial charge in [0.05, 0.1) is 11.9 Å². The van der Waals surface area contributed by atoms with Gasteiger partial charge in [-0.15, -0.1) is 0 Å². The van der Waals surface area contributed by atoms with E-state index < -0.39 is 11.7 Å². The van der Waals surface area contributed by atoms with Gasteiger partial charge in [-0.05, 0) is 44.0 Å². The first kappa shape index (κ1) is 21.2. The van der Waals surface area contributed by atoms with Gasteiger partial charge in [0.15, 0.2) is 11.5 Å². The third kappa shape index (κ3) is 4.53. The molecule has 0 atom stereocenters. The second kappa shape index (κ2) is 8.86. The van der Waals surface area contributed by atoms with Crippen molar-refractivity contribution < 1.29 is 13.6 Å². The van der Waals surface area contributed by atoms with Crippen LogP contribution in [0.1, 0.15) is 38.4 Å². The number of rotatable bonds is 6. The van der Waals surface area contributed by atoms with Crippen LogP contribution in [-0.2, 0) is 4.79 Å². The van der Waals surface area contributed by atoms with E-state index in [0.717, 1.165) is 23.0 Å². The van der Waals surface area contributed by atoms with Crippen LogP contribution < -0.4 is 10.6 Å². The molecule has 0 radical (unpaired) electrons. The van der Waals surface area contributed by atoms with Crippen molar-refractivity contribution in [2.24, 2.45) is 0 Å². The summed E-state index contributed by atoms with van der Waals surface area (Å²) in [6, 6.07) is 5.49. The Hall–Kier alpha value is -3.55. The van der Waals surface area contributed by atoms with Crippen molar-refractivity contribution in [3.05, 3.63) is 65.8 Å². The monoisotopic (exact) mass is 411 g/mol. The van der Waals surface area contributed by atoms with Gasteiger partial charge in [-0.3, -0.25) is 9.20 Å². The Labute approximate surface area is 173 Å². The Morgan fingerprint density at radius 3 is 2.67 bits per heavy atom. The molecule has 0 saturated carbocycles. The molecule has 3 rings (SSSR count). The second-order valence-corrected chi connectivity index (χ2v) is 6.87. The van der Waals surface area contributed by atoms with E-state index in [2.05, 4.69) is 20.6 Å². The quantitative estimate of drug-likeness (QED) is 0.510. The number of aryl methyl sites for hydroxylation is 1. The molecule has 0 aliphatic rings. The van der Waals surface area contributed by atoms with Gasteiger partial charge in [0.25, 0.3) is 0 Å². The van der Waals surface area contributed by atoms with Crippen LogP contribution in [0.5, 0.6) is 0 Å². The van der Waals surface area contributed by atoms with Crippen LogP contribution in [0.25, 0.3) is 11.2 Å². The fourth-order valence-corrected chi connectivity index (χ4v) is 2.96. The van der Waals surface area contributed by atoms with Gasteiger partial charge in [0.2, 0.25) is 5.91 Å². The maximum absolute atomic E-state index is 14.4. The molecule has 0 unspecified atom stereocenters. The zero-order valence-corrected chi connectivity index (χ0v) is 17.3. The number of nitrogens with one attached hydrogen (secondary N) is 2. The molecule has 0 bridgehead atoms. The molecule has 0 saturated heterocycles.